The highest BCUT2D eigenvalue weighted by molar-refractivity contribution is 5.67. The normalized spacial score (nSPS) is 35.6. The van der Waals surface area contributed by atoms with Crippen molar-refractivity contribution in [3.63, 3.8) is 0 Å². The quantitative estimate of drug-likeness (QED) is 0.549. The number of carbonyl (C=O) groups is 2. The highest BCUT2D eigenvalue weighted by atomic mass is 16.8. The summed E-state index contributed by atoms with van der Waals surface area (Å²) >= 11 is 0. The van der Waals surface area contributed by atoms with E-state index in [0.717, 1.165) is 0 Å². The molecule has 0 bridgehead atoms. The van der Waals surface area contributed by atoms with Crippen LogP contribution in [0.3, 0.4) is 0 Å². The van der Waals surface area contributed by atoms with E-state index in [2.05, 4.69) is 0 Å². The zero-order valence-electron chi connectivity index (χ0n) is 11.4. The van der Waals surface area contributed by atoms with Crippen LogP contribution in [-0.2, 0) is 28.5 Å². The molecule has 6 heteroatoms. The minimum atomic E-state index is -0.807. The molecule has 0 radical (unpaired) electrons. The standard InChI is InChI=1S/C13H18O6/c1-7(14)16-9-5-6-10(17-8(2)15)12-11(9)18-13(3,4)19-12/h5-6,9-12H,1-4H3/t9-,10-,11-,12+/m0/s1. The Hall–Kier alpha value is -1.40. The van der Waals surface area contributed by atoms with Gasteiger partial charge in [0.2, 0.25) is 0 Å². The summed E-state index contributed by atoms with van der Waals surface area (Å²) in [4.78, 5) is 22.2. The molecule has 2 aliphatic rings. The van der Waals surface area contributed by atoms with Gasteiger partial charge < -0.3 is 18.9 Å². The molecular formula is C13H18O6. The van der Waals surface area contributed by atoms with E-state index in [1.165, 1.54) is 13.8 Å². The maximum atomic E-state index is 11.1. The Morgan fingerprint density at radius 2 is 1.32 bits per heavy atom. The Kier molecular flexibility index (Phi) is 3.64. The fourth-order valence-electron chi connectivity index (χ4n) is 2.36. The van der Waals surface area contributed by atoms with Gasteiger partial charge in [0.1, 0.15) is 24.4 Å². The van der Waals surface area contributed by atoms with Gasteiger partial charge in [-0.05, 0) is 26.0 Å². The number of carbonyl (C=O) groups excluding carboxylic acids is 2. The van der Waals surface area contributed by atoms with Gasteiger partial charge in [0.05, 0.1) is 0 Å². The molecule has 0 saturated carbocycles. The van der Waals surface area contributed by atoms with E-state index in [1.54, 1.807) is 26.0 Å². The SMILES string of the molecule is CC(=O)O[C@H]1C=C[C@H](OC(C)=O)[C@H]2OC(C)(C)O[C@H]21. The van der Waals surface area contributed by atoms with Crippen molar-refractivity contribution in [3.05, 3.63) is 12.2 Å². The van der Waals surface area contributed by atoms with Gasteiger partial charge in [-0.15, -0.1) is 0 Å². The van der Waals surface area contributed by atoms with Gasteiger partial charge in [0.15, 0.2) is 5.79 Å². The van der Waals surface area contributed by atoms with Gasteiger partial charge in [0, 0.05) is 13.8 Å². The second-order valence-corrected chi connectivity index (χ2v) is 5.10. The highest BCUT2D eigenvalue weighted by Crippen LogP contribution is 2.36. The molecule has 0 aromatic rings. The lowest BCUT2D eigenvalue weighted by atomic mass is 9.96. The molecule has 1 saturated heterocycles. The van der Waals surface area contributed by atoms with Gasteiger partial charge in [-0.25, -0.2) is 0 Å². The highest BCUT2D eigenvalue weighted by Gasteiger charge is 2.51. The summed E-state index contributed by atoms with van der Waals surface area (Å²) in [6, 6.07) is 0. The first-order valence-electron chi connectivity index (χ1n) is 6.17. The summed E-state index contributed by atoms with van der Waals surface area (Å²) in [5, 5.41) is 0. The summed E-state index contributed by atoms with van der Waals surface area (Å²) in [7, 11) is 0. The van der Waals surface area contributed by atoms with E-state index in [-0.39, 0.29) is 0 Å². The molecule has 4 atom stereocenters. The van der Waals surface area contributed by atoms with Gasteiger partial charge >= 0.3 is 11.9 Å². The van der Waals surface area contributed by atoms with Crippen LogP contribution in [0, 0.1) is 0 Å². The predicted molar refractivity (Wildman–Crippen MR) is 64.1 cm³/mol. The Morgan fingerprint density at radius 3 is 1.63 bits per heavy atom. The van der Waals surface area contributed by atoms with Crippen molar-refractivity contribution in [2.24, 2.45) is 0 Å². The van der Waals surface area contributed by atoms with E-state index in [9.17, 15) is 9.59 Å². The van der Waals surface area contributed by atoms with Crippen LogP contribution >= 0.6 is 0 Å². The average molecular weight is 270 g/mol. The van der Waals surface area contributed by atoms with Crippen molar-refractivity contribution in [2.75, 3.05) is 0 Å². The molecule has 6 nitrogen and oxygen atoms in total. The van der Waals surface area contributed by atoms with Gasteiger partial charge in [0.25, 0.3) is 0 Å². The van der Waals surface area contributed by atoms with Crippen molar-refractivity contribution in [1.29, 1.82) is 0 Å². The van der Waals surface area contributed by atoms with Gasteiger partial charge in [-0.3, -0.25) is 9.59 Å². The molecule has 0 amide bonds. The van der Waals surface area contributed by atoms with Crippen LogP contribution in [0.15, 0.2) is 12.2 Å². The summed E-state index contributed by atoms with van der Waals surface area (Å²) in [5.74, 6) is -1.60. The number of esters is 2. The van der Waals surface area contributed by atoms with E-state index < -0.39 is 42.1 Å². The first kappa shape index (κ1) is 14.0. The van der Waals surface area contributed by atoms with Crippen molar-refractivity contribution >= 4 is 11.9 Å². The molecular weight excluding hydrogens is 252 g/mol. The van der Waals surface area contributed by atoms with Crippen molar-refractivity contribution in [1.82, 2.24) is 0 Å². The van der Waals surface area contributed by atoms with Crippen LogP contribution in [0.4, 0.5) is 0 Å². The monoisotopic (exact) mass is 270 g/mol. The fraction of sp³-hybridized carbons (Fsp3) is 0.692. The molecule has 0 unspecified atom stereocenters. The molecule has 19 heavy (non-hydrogen) atoms. The summed E-state index contributed by atoms with van der Waals surface area (Å²) in [6.07, 6.45) is 1.32. The lowest BCUT2D eigenvalue weighted by molar-refractivity contribution is -0.167. The number of ether oxygens (including phenoxy) is 4. The number of rotatable bonds is 2. The molecule has 1 aliphatic carbocycles. The average Bonchev–Trinajstić information content (AvgIpc) is 2.57. The molecule has 2 rings (SSSR count). The van der Waals surface area contributed by atoms with E-state index in [1.807, 2.05) is 0 Å². The summed E-state index contributed by atoms with van der Waals surface area (Å²) in [6.45, 7) is 6.20. The predicted octanol–water partition coefficient (Wildman–Crippen LogP) is 0.940. The Balaban J connectivity index is 2.20. The third-order valence-electron chi connectivity index (χ3n) is 2.91. The van der Waals surface area contributed by atoms with Crippen LogP contribution in [0.1, 0.15) is 27.7 Å². The van der Waals surface area contributed by atoms with Crippen LogP contribution in [0.25, 0.3) is 0 Å². The lowest BCUT2D eigenvalue weighted by Gasteiger charge is -2.31. The smallest absolute Gasteiger partial charge is 0.303 e. The maximum Gasteiger partial charge on any atom is 0.303 e. The van der Waals surface area contributed by atoms with Crippen LogP contribution in [0.2, 0.25) is 0 Å². The first-order valence-corrected chi connectivity index (χ1v) is 6.17. The fourth-order valence-corrected chi connectivity index (χ4v) is 2.36. The summed E-state index contributed by atoms with van der Waals surface area (Å²) in [5.41, 5.74) is 0. The zero-order valence-corrected chi connectivity index (χ0v) is 11.4. The van der Waals surface area contributed by atoms with Gasteiger partial charge in [-0.2, -0.15) is 0 Å². The van der Waals surface area contributed by atoms with Crippen molar-refractivity contribution in [2.45, 2.75) is 57.9 Å². The third kappa shape index (κ3) is 3.13. The minimum Gasteiger partial charge on any atom is -0.455 e. The molecule has 1 fully saturated rings. The first-order chi connectivity index (χ1) is 8.78. The Morgan fingerprint density at radius 1 is 0.947 bits per heavy atom. The minimum absolute atomic E-state index is 0.396. The van der Waals surface area contributed by atoms with Crippen molar-refractivity contribution < 1.29 is 28.5 Å². The van der Waals surface area contributed by atoms with E-state index >= 15 is 0 Å². The van der Waals surface area contributed by atoms with E-state index in [0.29, 0.717) is 0 Å². The number of hydrogen-bond acceptors (Lipinski definition) is 6. The Labute approximate surface area is 111 Å². The van der Waals surface area contributed by atoms with Gasteiger partial charge in [-0.1, -0.05) is 0 Å². The van der Waals surface area contributed by atoms with Crippen LogP contribution < -0.4 is 0 Å². The topological polar surface area (TPSA) is 71.1 Å². The Bertz CT molecular complexity index is 377. The number of hydrogen-bond donors (Lipinski definition) is 0. The van der Waals surface area contributed by atoms with Crippen molar-refractivity contribution in [3.8, 4) is 0 Å². The second kappa shape index (κ2) is 4.94. The third-order valence-corrected chi connectivity index (χ3v) is 2.91. The maximum absolute atomic E-state index is 11.1. The molecule has 0 aromatic carbocycles. The lowest BCUT2D eigenvalue weighted by Crippen LogP contribution is -2.47. The molecule has 0 spiro atoms. The second-order valence-electron chi connectivity index (χ2n) is 5.10. The van der Waals surface area contributed by atoms with E-state index in [4.69, 9.17) is 18.9 Å². The molecule has 1 aliphatic heterocycles. The molecule has 106 valence electrons. The van der Waals surface area contributed by atoms with Crippen LogP contribution in [-0.4, -0.2) is 42.1 Å². The molecule has 0 N–H and O–H groups in total. The summed E-state index contributed by atoms with van der Waals surface area (Å²) < 4.78 is 21.8. The number of fused-ring (bicyclic) bond motifs is 1. The largest absolute Gasteiger partial charge is 0.455 e. The zero-order chi connectivity index (χ0) is 14.2. The molecule has 0 aromatic heterocycles. The molecule has 1 heterocycles. The van der Waals surface area contributed by atoms with Crippen LogP contribution in [0.5, 0.6) is 0 Å².